The van der Waals surface area contributed by atoms with E-state index in [2.05, 4.69) is 33.9 Å². The Morgan fingerprint density at radius 3 is 2.88 bits per heavy atom. The average molecular weight is 255 g/mol. The van der Waals surface area contributed by atoms with E-state index in [9.17, 15) is 0 Å². The molecule has 1 aliphatic heterocycles. The van der Waals surface area contributed by atoms with Crippen molar-refractivity contribution in [2.45, 2.75) is 25.8 Å². The highest BCUT2D eigenvalue weighted by atomic mass is 35.5. The molecule has 1 saturated heterocycles. The van der Waals surface area contributed by atoms with E-state index in [0.29, 0.717) is 11.2 Å². The quantitative estimate of drug-likeness (QED) is 0.756. The summed E-state index contributed by atoms with van der Waals surface area (Å²) in [6.45, 7) is 4.14. The fraction of sp³-hybridized carbons (Fsp3) is 0.667. The Morgan fingerprint density at radius 2 is 2.24 bits per heavy atom. The third-order valence-electron chi connectivity index (χ3n) is 3.30. The molecule has 2 heterocycles. The molecule has 0 aliphatic carbocycles. The van der Waals surface area contributed by atoms with Crippen LogP contribution in [0.2, 0.25) is 5.15 Å². The molecule has 2 rings (SSSR count). The lowest BCUT2D eigenvalue weighted by Crippen LogP contribution is -2.45. The molecule has 0 amide bonds. The van der Waals surface area contributed by atoms with Crippen molar-refractivity contribution >= 4 is 17.4 Å². The number of hydrogen-bond donors (Lipinski definition) is 0. The van der Waals surface area contributed by atoms with Crippen molar-refractivity contribution in [1.29, 1.82) is 0 Å². The van der Waals surface area contributed by atoms with Gasteiger partial charge in [0.25, 0.3) is 0 Å². The molecule has 1 aromatic heterocycles. The van der Waals surface area contributed by atoms with Crippen LogP contribution in [0.4, 0.5) is 5.82 Å². The highest BCUT2D eigenvalue weighted by Gasteiger charge is 2.22. The first-order valence-electron chi connectivity index (χ1n) is 5.99. The van der Waals surface area contributed by atoms with Crippen LogP contribution in [0, 0.1) is 6.92 Å². The van der Waals surface area contributed by atoms with Crippen LogP contribution < -0.4 is 4.90 Å². The second-order valence-corrected chi connectivity index (χ2v) is 5.15. The van der Waals surface area contributed by atoms with Gasteiger partial charge in [-0.15, -0.1) is 0 Å². The van der Waals surface area contributed by atoms with Gasteiger partial charge >= 0.3 is 0 Å². The van der Waals surface area contributed by atoms with Crippen LogP contribution in [0.15, 0.2) is 6.07 Å². The van der Waals surface area contributed by atoms with Crippen molar-refractivity contribution in [3.8, 4) is 0 Å². The van der Waals surface area contributed by atoms with E-state index in [-0.39, 0.29) is 0 Å². The number of aromatic nitrogens is 2. The van der Waals surface area contributed by atoms with Crippen molar-refractivity contribution in [2.75, 3.05) is 32.1 Å². The number of likely N-dealkylation sites (tertiary alicyclic amines) is 1. The van der Waals surface area contributed by atoms with Gasteiger partial charge in [-0.1, -0.05) is 11.6 Å². The maximum atomic E-state index is 5.97. The lowest BCUT2D eigenvalue weighted by molar-refractivity contribution is 0.247. The van der Waals surface area contributed by atoms with E-state index < -0.39 is 0 Å². The summed E-state index contributed by atoms with van der Waals surface area (Å²) in [5.74, 6) is 1.64. The molecule has 94 valence electrons. The zero-order chi connectivity index (χ0) is 12.4. The number of aryl methyl sites for hydroxylation is 1. The van der Waals surface area contributed by atoms with Gasteiger partial charge in [0.05, 0.1) is 0 Å². The van der Waals surface area contributed by atoms with Gasteiger partial charge in [0.2, 0.25) is 0 Å². The van der Waals surface area contributed by atoms with Gasteiger partial charge in [-0.05, 0) is 33.4 Å². The number of anilines is 1. The van der Waals surface area contributed by atoms with Crippen molar-refractivity contribution in [1.82, 2.24) is 14.9 Å². The SMILES string of the molecule is Cc1nc(Cl)cc(N(C)C2CCCN(C)C2)n1. The Labute approximate surface area is 108 Å². The summed E-state index contributed by atoms with van der Waals surface area (Å²) in [6, 6.07) is 2.35. The third kappa shape index (κ3) is 3.07. The fourth-order valence-electron chi connectivity index (χ4n) is 2.34. The van der Waals surface area contributed by atoms with Gasteiger partial charge in [-0.2, -0.15) is 0 Å². The summed E-state index contributed by atoms with van der Waals surface area (Å²) in [5, 5.41) is 0.517. The Hall–Kier alpha value is -0.870. The maximum absolute atomic E-state index is 5.97. The maximum Gasteiger partial charge on any atom is 0.134 e. The van der Waals surface area contributed by atoms with Crippen molar-refractivity contribution in [2.24, 2.45) is 0 Å². The van der Waals surface area contributed by atoms with Crippen molar-refractivity contribution in [3.63, 3.8) is 0 Å². The Kier molecular flexibility index (Phi) is 3.84. The fourth-order valence-corrected chi connectivity index (χ4v) is 2.56. The molecular weight excluding hydrogens is 236 g/mol. The molecule has 0 spiro atoms. The largest absolute Gasteiger partial charge is 0.355 e. The lowest BCUT2D eigenvalue weighted by atomic mass is 10.1. The van der Waals surface area contributed by atoms with Gasteiger partial charge in [-0.25, -0.2) is 9.97 Å². The first-order valence-corrected chi connectivity index (χ1v) is 6.36. The predicted octanol–water partition coefficient (Wildman–Crippen LogP) is 1.97. The van der Waals surface area contributed by atoms with Crippen LogP contribution in [0.5, 0.6) is 0 Å². The van der Waals surface area contributed by atoms with Crippen LogP contribution >= 0.6 is 11.6 Å². The molecule has 0 saturated carbocycles. The van der Waals surface area contributed by atoms with Crippen LogP contribution in [0.3, 0.4) is 0 Å². The van der Waals surface area contributed by atoms with Crippen LogP contribution in [0.25, 0.3) is 0 Å². The molecule has 1 aromatic rings. The van der Waals surface area contributed by atoms with Crippen LogP contribution in [-0.4, -0.2) is 48.1 Å². The smallest absolute Gasteiger partial charge is 0.134 e. The highest BCUT2D eigenvalue weighted by Crippen LogP contribution is 2.21. The van der Waals surface area contributed by atoms with E-state index in [1.54, 1.807) is 0 Å². The molecule has 1 aliphatic rings. The van der Waals surface area contributed by atoms with Gasteiger partial charge in [0, 0.05) is 25.7 Å². The van der Waals surface area contributed by atoms with Gasteiger partial charge < -0.3 is 9.80 Å². The second-order valence-electron chi connectivity index (χ2n) is 4.77. The molecule has 17 heavy (non-hydrogen) atoms. The molecule has 0 N–H and O–H groups in total. The first-order chi connectivity index (χ1) is 8.06. The van der Waals surface area contributed by atoms with E-state index in [1.165, 1.54) is 19.4 Å². The number of piperidine rings is 1. The van der Waals surface area contributed by atoms with Gasteiger partial charge in [0.15, 0.2) is 0 Å². The number of halogens is 1. The summed E-state index contributed by atoms with van der Waals surface area (Å²) >= 11 is 5.97. The Balaban J connectivity index is 2.15. The average Bonchev–Trinajstić information content (AvgIpc) is 2.26. The molecule has 1 fully saturated rings. The normalized spacial score (nSPS) is 21.5. The van der Waals surface area contributed by atoms with E-state index >= 15 is 0 Å². The zero-order valence-corrected chi connectivity index (χ0v) is 11.4. The first kappa shape index (κ1) is 12.6. The van der Waals surface area contributed by atoms with Crippen LogP contribution in [-0.2, 0) is 0 Å². The summed E-state index contributed by atoms with van der Waals surface area (Å²) in [5.41, 5.74) is 0. The minimum Gasteiger partial charge on any atom is -0.355 e. The minimum atomic E-state index is 0.513. The zero-order valence-electron chi connectivity index (χ0n) is 10.6. The van der Waals surface area contributed by atoms with Gasteiger partial charge in [0.1, 0.15) is 16.8 Å². The molecule has 5 heteroatoms. The lowest BCUT2D eigenvalue weighted by Gasteiger charge is -2.36. The summed E-state index contributed by atoms with van der Waals surface area (Å²) < 4.78 is 0. The molecule has 4 nitrogen and oxygen atoms in total. The molecule has 0 bridgehead atoms. The van der Waals surface area contributed by atoms with Crippen LogP contribution in [0.1, 0.15) is 18.7 Å². The minimum absolute atomic E-state index is 0.513. The van der Waals surface area contributed by atoms with E-state index in [4.69, 9.17) is 11.6 Å². The predicted molar refractivity (Wildman–Crippen MR) is 70.7 cm³/mol. The molecule has 0 aromatic carbocycles. The summed E-state index contributed by atoms with van der Waals surface area (Å²) in [6.07, 6.45) is 2.45. The number of hydrogen-bond acceptors (Lipinski definition) is 4. The summed E-state index contributed by atoms with van der Waals surface area (Å²) in [4.78, 5) is 13.1. The Morgan fingerprint density at radius 1 is 1.47 bits per heavy atom. The molecule has 1 atom stereocenters. The number of rotatable bonds is 2. The standard InChI is InChI=1S/C12H19ClN4/c1-9-14-11(13)7-12(15-9)17(3)10-5-4-6-16(2)8-10/h7,10H,4-6,8H2,1-3H3. The topological polar surface area (TPSA) is 32.3 Å². The second kappa shape index (κ2) is 5.19. The van der Waals surface area contributed by atoms with E-state index in [1.807, 2.05) is 13.0 Å². The number of likely N-dealkylation sites (N-methyl/N-ethyl adjacent to an activating group) is 2. The molecule has 0 radical (unpaired) electrons. The van der Waals surface area contributed by atoms with Crippen molar-refractivity contribution in [3.05, 3.63) is 17.0 Å². The molecule has 1 unspecified atom stereocenters. The van der Waals surface area contributed by atoms with Crippen molar-refractivity contribution < 1.29 is 0 Å². The Bertz CT molecular complexity index is 376. The monoisotopic (exact) mass is 254 g/mol. The van der Waals surface area contributed by atoms with E-state index in [0.717, 1.165) is 18.2 Å². The summed E-state index contributed by atoms with van der Waals surface area (Å²) in [7, 11) is 4.25. The number of nitrogens with zero attached hydrogens (tertiary/aromatic N) is 4. The highest BCUT2D eigenvalue weighted by molar-refractivity contribution is 6.29. The third-order valence-corrected chi connectivity index (χ3v) is 3.50. The molecular formula is C12H19ClN4. The van der Waals surface area contributed by atoms with Gasteiger partial charge in [-0.3, -0.25) is 0 Å².